The van der Waals surface area contributed by atoms with Crippen molar-refractivity contribution in [1.29, 1.82) is 0 Å². The monoisotopic (exact) mass is 224 g/mol. The molecule has 1 aromatic carbocycles. The summed E-state index contributed by atoms with van der Waals surface area (Å²) in [5, 5.41) is 11.3. The number of aromatic nitrogens is 2. The number of rotatable bonds is 1. The lowest BCUT2D eigenvalue weighted by atomic mass is 10.2. The first-order valence-electron chi connectivity index (χ1n) is 3.93. The molecule has 0 atom stereocenters. The standard InChI is InChI=1S/C8H5ClN4O2/c9-4-1-5-7(6(2-4)13(14)15)11-3-12-8(5)10/h1-3H,(H2,10,11,12). The highest BCUT2D eigenvalue weighted by molar-refractivity contribution is 6.31. The molecule has 76 valence electrons. The van der Waals surface area contributed by atoms with Crippen LogP contribution in [0.1, 0.15) is 0 Å². The Morgan fingerprint density at radius 1 is 1.40 bits per heavy atom. The van der Waals surface area contributed by atoms with E-state index in [-0.39, 0.29) is 22.0 Å². The van der Waals surface area contributed by atoms with Crippen molar-refractivity contribution in [3.05, 3.63) is 33.6 Å². The van der Waals surface area contributed by atoms with Gasteiger partial charge in [0.25, 0.3) is 5.69 Å². The number of hydrogen-bond donors (Lipinski definition) is 1. The summed E-state index contributed by atoms with van der Waals surface area (Å²) in [6, 6.07) is 2.73. The van der Waals surface area contributed by atoms with Crippen LogP contribution < -0.4 is 5.73 Å². The summed E-state index contributed by atoms with van der Waals surface area (Å²) in [6.07, 6.45) is 1.18. The molecule has 2 aromatic rings. The van der Waals surface area contributed by atoms with E-state index in [1.165, 1.54) is 18.5 Å². The maximum absolute atomic E-state index is 10.7. The van der Waals surface area contributed by atoms with Gasteiger partial charge in [0.2, 0.25) is 0 Å². The van der Waals surface area contributed by atoms with Crippen LogP contribution in [0.3, 0.4) is 0 Å². The van der Waals surface area contributed by atoms with Crippen LogP contribution in [-0.4, -0.2) is 14.9 Å². The van der Waals surface area contributed by atoms with E-state index in [2.05, 4.69) is 9.97 Å². The summed E-state index contributed by atoms with van der Waals surface area (Å²) in [5.41, 5.74) is 5.58. The first-order chi connectivity index (χ1) is 7.09. The van der Waals surface area contributed by atoms with Gasteiger partial charge < -0.3 is 5.73 Å². The van der Waals surface area contributed by atoms with Gasteiger partial charge in [0.05, 0.1) is 10.3 Å². The molecule has 1 aromatic heterocycles. The topological polar surface area (TPSA) is 94.9 Å². The number of benzene rings is 1. The summed E-state index contributed by atoms with van der Waals surface area (Å²) in [4.78, 5) is 17.7. The number of nitro benzene ring substituents is 1. The van der Waals surface area contributed by atoms with E-state index in [1.54, 1.807) is 0 Å². The number of halogens is 1. The Labute approximate surface area is 88.8 Å². The van der Waals surface area contributed by atoms with Crippen LogP contribution >= 0.6 is 11.6 Å². The Balaban J connectivity index is 2.92. The number of fused-ring (bicyclic) bond motifs is 1. The van der Waals surface area contributed by atoms with Gasteiger partial charge in [-0.3, -0.25) is 10.1 Å². The molecule has 0 fully saturated rings. The molecule has 0 saturated carbocycles. The number of hydrogen-bond acceptors (Lipinski definition) is 5. The Hall–Kier alpha value is -1.95. The quantitative estimate of drug-likeness (QED) is 0.588. The second kappa shape index (κ2) is 3.32. The molecule has 0 amide bonds. The van der Waals surface area contributed by atoms with E-state index in [9.17, 15) is 10.1 Å². The maximum atomic E-state index is 10.7. The van der Waals surface area contributed by atoms with Crippen molar-refractivity contribution in [2.45, 2.75) is 0 Å². The molecular weight excluding hydrogens is 220 g/mol. The molecule has 0 saturated heterocycles. The lowest BCUT2D eigenvalue weighted by molar-refractivity contribution is -0.383. The normalized spacial score (nSPS) is 10.5. The number of non-ortho nitro benzene ring substituents is 1. The summed E-state index contributed by atoms with van der Waals surface area (Å²) in [6.45, 7) is 0. The highest BCUT2D eigenvalue weighted by Crippen LogP contribution is 2.29. The first-order valence-corrected chi connectivity index (χ1v) is 4.31. The lowest BCUT2D eigenvalue weighted by Crippen LogP contribution is -1.97. The van der Waals surface area contributed by atoms with Crippen molar-refractivity contribution in [3.63, 3.8) is 0 Å². The van der Waals surface area contributed by atoms with E-state index in [0.717, 1.165) is 0 Å². The van der Waals surface area contributed by atoms with Crippen LogP contribution in [0.5, 0.6) is 0 Å². The molecule has 6 nitrogen and oxygen atoms in total. The fourth-order valence-electron chi connectivity index (χ4n) is 1.27. The zero-order valence-corrected chi connectivity index (χ0v) is 8.10. The fourth-order valence-corrected chi connectivity index (χ4v) is 1.49. The predicted molar refractivity (Wildman–Crippen MR) is 55.6 cm³/mol. The number of nitrogens with two attached hydrogens (primary N) is 1. The van der Waals surface area contributed by atoms with Crippen molar-refractivity contribution in [1.82, 2.24) is 9.97 Å². The minimum absolute atomic E-state index is 0.172. The highest BCUT2D eigenvalue weighted by atomic mass is 35.5. The molecular formula is C8H5ClN4O2. The molecule has 0 unspecified atom stereocenters. The number of nitrogen functional groups attached to an aromatic ring is 1. The zero-order chi connectivity index (χ0) is 11.0. The zero-order valence-electron chi connectivity index (χ0n) is 7.35. The van der Waals surface area contributed by atoms with Crippen LogP contribution in [0, 0.1) is 10.1 Å². The molecule has 1 heterocycles. The van der Waals surface area contributed by atoms with E-state index < -0.39 is 4.92 Å². The third kappa shape index (κ3) is 1.55. The van der Waals surface area contributed by atoms with Gasteiger partial charge in [-0.1, -0.05) is 11.6 Å². The average molecular weight is 225 g/mol. The number of nitrogens with zero attached hydrogens (tertiary/aromatic N) is 3. The van der Waals surface area contributed by atoms with Gasteiger partial charge in [0, 0.05) is 11.1 Å². The van der Waals surface area contributed by atoms with E-state index in [1.807, 2.05) is 0 Å². The Morgan fingerprint density at radius 3 is 2.80 bits per heavy atom. The molecule has 0 aliphatic rings. The van der Waals surface area contributed by atoms with E-state index in [0.29, 0.717) is 5.39 Å². The first kappa shape index (κ1) is 9.60. The van der Waals surface area contributed by atoms with Gasteiger partial charge in [-0.2, -0.15) is 0 Å². The van der Waals surface area contributed by atoms with E-state index in [4.69, 9.17) is 17.3 Å². The van der Waals surface area contributed by atoms with Crippen molar-refractivity contribution < 1.29 is 4.92 Å². The molecule has 0 spiro atoms. The molecule has 0 aliphatic carbocycles. The molecule has 2 rings (SSSR count). The Bertz CT molecular complexity index is 558. The van der Waals surface area contributed by atoms with Gasteiger partial charge >= 0.3 is 0 Å². The smallest absolute Gasteiger partial charge is 0.297 e. The van der Waals surface area contributed by atoms with Crippen LogP contribution in [-0.2, 0) is 0 Å². The van der Waals surface area contributed by atoms with Crippen LogP contribution in [0.15, 0.2) is 18.5 Å². The predicted octanol–water partition coefficient (Wildman–Crippen LogP) is 1.77. The SMILES string of the molecule is Nc1ncnc2c([N+](=O)[O-])cc(Cl)cc12. The van der Waals surface area contributed by atoms with Gasteiger partial charge in [-0.25, -0.2) is 9.97 Å². The van der Waals surface area contributed by atoms with Crippen LogP contribution in [0.25, 0.3) is 10.9 Å². The highest BCUT2D eigenvalue weighted by Gasteiger charge is 2.16. The molecule has 0 bridgehead atoms. The summed E-state index contributed by atoms with van der Waals surface area (Å²) >= 11 is 5.72. The number of nitro groups is 1. The fraction of sp³-hybridized carbons (Fsp3) is 0. The van der Waals surface area contributed by atoms with Gasteiger partial charge in [-0.05, 0) is 6.07 Å². The third-order valence-electron chi connectivity index (χ3n) is 1.91. The maximum Gasteiger partial charge on any atom is 0.297 e. The Morgan fingerprint density at radius 2 is 2.13 bits per heavy atom. The van der Waals surface area contributed by atoms with Crippen molar-refractivity contribution in [2.24, 2.45) is 0 Å². The van der Waals surface area contributed by atoms with Gasteiger partial charge in [0.15, 0.2) is 5.52 Å². The van der Waals surface area contributed by atoms with Crippen molar-refractivity contribution in [3.8, 4) is 0 Å². The molecule has 15 heavy (non-hydrogen) atoms. The molecule has 0 aliphatic heterocycles. The minimum atomic E-state index is -0.555. The molecule has 7 heteroatoms. The molecule has 0 radical (unpaired) electrons. The Kier molecular flexibility index (Phi) is 2.12. The summed E-state index contributed by atoms with van der Waals surface area (Å²) < 4.78 is 0. The lowest BCUT2D eigenvalue weighted by Gasteiger charge is -2.01. The number of anilines is 1. The van der Waals surface area contributed by atoms with Crippen LogP contribution in [0.4, 0.5) is 11.5 Å². The largest absolute Gasteiger partial charge is 0.383 e. The summed E-state index contributed by atoms with van der Waals surface area (Å²) in [7, 11) is 0. The third-order valence-corrected chi connectivity index (χ3v) is 2.13. The van der Waals surface area contributed by atoms with E-state index >= 15 is 0 Å². The van der Waals surface area contributed by atoms with Gasteiger partial charge in [-0.15, -0.1) is 0 Å². The summed E-state index contributed by atoms with van der Waals surface area (Å²) in [5.74, 6) is 0.172. The molecule has 2 N–H and O–H groups in total. The van der Waals surface area contributed by atoms with Crippen molar-refractivity contribution >= 4 is 34.0 Å². The van der Waals surface area contributed by atoms with Gasteiger partial charge in [0.1, 0.15) is 12.1 Å². The second-order valence-corrected chi connectivity index (χ2v) is 3.27. The second-order valence-electron chi connectivity index (χ2n) is 2.84. The minimum Gasteiger partial charge on any atom is -0.383 e. The average Bonchev–Trinajstić information content (AvgIpc) is 2.18. The van der Waals surface area contributed by atoms with Crippen LogP contribution in [0.2, 0.25) is 5.02 Å². The van der Waals surface area contributed by atoms with Crippen molar-refractivity contribution in [2.75, 3.05) is 5.73 Å².